The molecule has 1 aromatic carbocycles. The molecule has 1 N–H and O–H groups in total. The van der Waals surface area contributed by atoms with Crippen molar-refractivity contribution in [2.45, 2.75) is 44.9 Å². The first-order valence-electron chi connectivity index (χ1n) is 6.62. The van der Waals surface area contributed by atoms with Gasteiger partial charge in [0, 0.05) is 0 Å². The summed E-state index contributed by atoms with van der Waals surface area (Å²) in [6, 6.07) is 5.10. The van der Waals surface area contributed by atoms with E-state index in [9.17, 15) is 18.3 Å². The van der Waals surface area contributed by atoms with Crippen molar-refractivity contribution in [3.63, 3.8) is 0 Å². The van der Waals surface area contributed by atoms with E-state index in [0.717, 1.165) is 18.6 Å². The predicted octanol–water partition coefficient (Wildman–Crippen LogP) is 4.35. The zero-order valence-electron chi connectivity index (χ0n) is 11.2. The monoisotopic (exact) mass is 272 g/mol. The summed E-state index contributed by atoms with van der Waals surface area (Å²) in [6.45, 7) is 4.17. The minimum absolute atomic E-state index is 0.313. The molecule has 1 aromatic rings. The van der Waals surface area contributed by atoms with Gasteiger partial charge in [-0.05, 0) is 48.8 Å². The third-order valence-electron chi connectivity index (χ3n) is 4.37. The fourth-order valence-electron chi connectivity index (χ4n) is 2.83. The van der Waals surface area contributed by atoms with Gasteiger partial charge in [0.05, 0.1) is 11.2 Å². The Hall–Kier alpha value is -1.03. The van der Waals surface area contributed by atoms with Gasteiger partial charge in [0.2, 0.25) is 0 Å². The Morgan fingerprint density at radius 3 is 2.47 bits per heavy atom. The van der Waals surface area contributed by atoms with Gasteiger partial charge in [-0.1, -0.05) is 26.0 Å². The van der Waals surface area contributed by atoms with Crippen molar-refractivity contribution in [2.75, 3.05) is 0 Å². The summed E-state index contributed by atoms with van der Waals surface area (Å²) in [6.07, 6.45) is -2.47. The first kappa shape index (κ1) is 14.4. The lowest BCUT2D eigenvalue weighted by molar-refractivity contribution is -0.137. The van der Waals surface area contributed by atoms with Crippen molar-refractivity contribution in [3.05, 3.63) is 35.4 Å². The van der Waals surface area contributed by atoms with Crippen LogP contribution >= 0.6 is 0 Å². The number of halogens is 3. The number of hydrogen-bond acceptors (Lipinski definition) is 1. The fourth-order valence-corrected chi connectivity index (χ4v) is 2.83. The molecule has 0 heterocycles. The quantitative estimate of drug-likeness (QED) is 0.806. The smallest absolute Gasteiger partial charge is 0.385 e. The summed E-state index contributed by atoms with van der Waals surface area (Å²) < 4.78 is 38.2. The summed E-state index contributed by atoms with van der Waals surface area (Å²) in [4.78, 5) is 0. The molecule has 4 heteroatoms. The van der Waals surface area contributed by atoms with E-state index in [0.29, 0.717) is 30.2 Å². The Labute approximate surface area is 111 Å². The van der Waals surface area contributed by atoms with Crippen LogP contribution in [0.5, 0.6) is 0 Å². The van der Waals surface area contributed by atoms with E-state index in [2.05, 4.69) is 6.92 Å². The zero-order chi connectivity index (χ0) is 14.3. The number of hydrogen-bond donors (Lipinski definition) is 1. The Bertz CT molecular complexity index is 455. The Kier molecular flexibility index (Phi) is 3.65. The predicted molar refractivity (Wildman–Crippen MR) is 67.5 cm³/mol. The second-order valence-corrected chi connectivity index (χ2v) is 5.81. The second kappa shape index (κ2) is 4.82. The van der Waals surface area contributed by atoms with Gasteiger partial charge in [-0.3, -0.25) is 0 Å². The van der Waals surface area contributed by atoms with Crippen molar-refractivity contribution in [3.8, 4) is 0 Å². The van der Waals surface area contributed by atoms with Crippen molar-refractivity contribution in [1.29, 1.82) is 0 Å². The maximum Gasteiger partial charge on any atom is 0.416 e. The van der Waals surface area contributed by atoms with Crippen LogP contribution in [0.25, 0.3) is 0 Å². The van der Waals surface area contributed by atoms with Crippen LogP contribution in [0.4, 0.5) is 13.2 Å². The molecular weight excluding hydrogens is 253 g/mol. The molecular formula is C15H19F3O. The zero-order valence-corrected chi connectivity index (χ0v) is 11.2. The molecule has 1 aliphatic carbocycles. The van der Waals surface area contributed by atoms with E-state index in [1.165, 1.54) is 6.07 Å². The van der Waals surface area contributed by atoms with Crippen LogP contribution in [-0.2, 0) is 11.8 Å². The standard InChI is InChI=1S/C15H19F3O/c1-10-6-7-14(19,9-11(10)2)12-4-3-5-13(8-12)15(16,17)18/h3-5,8,10-11,19H,6-7,9H2,1-2H3. The molecule has 0 spiro atoms. The molecule has 1 saturated carbocycles. The Balaban J connectivity index is 2.31. The van der Waals surface area contributed by atoms with Crippen molar-refractivity contribution in [2.24, 2.45) is 11.8 Å². The minimum atomic E-state index is -4.36. The third kappa shape index (κ3) is 2.94. The molecule has 0 aromatic heterocycles. The number of benzene rings is 1. The van der Waals surface area contributed by atoms with E-state index in [-0.39, 0.29) is 0 Å². The Morgan fingerprint density at radius 2 is 1.89 bits per heavy atom. The largest absolute Gasteiger partial charge is 0.416 e. The normalized spacial score (nSPS) is 32.3. The van der Waals surface area contributed by atoms with Gasteiger partial charge < -0.3 is 5.11 Å². The van der Waals surface area contributed by atoms with E-state index < -0.39 is 17.3 Å². The number of aliphatic hydroxyl groups is 1. The number of rotatable bonds is 1. The highest BCUT2D eigenvalue weighted by molar-refractivity contribution is 5.30. The SMILES string of the molecule is CC1CCC(O)(c2cccc(C(F)(F)F)c2)CC1C. The molecule has 0 aliphatic heterocycles. The average Bonchev–Trinajstić information content (AvgIpc) is 2.34. The fraction of sp³-hybridized carbons (Fsp3) is 0.600. The maximum atomic E-state index is 12.7. The molecule has 1 fully saturated rings. The highest BCUT2D eigenvalue weighted by atomic mass is 19.4. The van der Waals surface area contributed by atoms with Crippen molar-refractivity contribution >= 4 is 0 Å². The molecule has 19 heavy (non-hydrogen) atoms. The lowest BCUT2D eigenvalue weighted by atomic mass is 9.70. The summed E-state index contributed by atoms with van der Waals surface area (Å²) >= 11 is 0. The van der Waals surface area contributed by atoms with Crippen LogP contribution in [-0.4, -0.2) is 5.11 Å². The molecule has 2 rings (SSSR count). The molecule has 3 unspecified atom stereocenters. The average molecular weight is 272 g/mol. The summed E-state index contributed by atoms with van der Waals surface area (Å²) in [5.41, 5.74) is -1.42. The molecule has 0 bridgehead atoms. The molecule has 106 valence electrons. The van der Waals surface area contributed by atoms with E-state index >= 15 is 0 Å². The lowest BCUT2D eigenvalue weighted by Gasteiger charge is -2.39. The number of alkyl halides is 3. The first-order valence-corrected chi connectivity index (χ1v) is 6.62. The van der Waals surface area contributed by atoms with E-state index in [1.807, 2.05) is 6.92 Å². The third-order valence-corrected chi connectivity index (χ3v) is 4.37. The van der Waals surface area contributed by atoms with Gasteiger partial charge in [0.25, 0.3) is 0 Å². The molecule has 3 atom stereocenters. The summed E-state index contributed by atoms with van der Waals surface area (Å²) in [5, 5.41) is 10.7. The molecule has 1 aliphatic rings. The van der Waals surface area contributed by atoms with E-state index in [4.69, 9.17) is 0 Å². The van der Waals surface area contributed by atoms with Crippen LogP contribution in [0.3, 0.4) is 0 Å². The van der Waals surface area contributed by atoms with Gasteiger partial charge in [-0.15, -0.1) is 0 Å². The molecule has 0 saturated heterocycles. The van der Waals surface area contributed by atoms with E-state index in [1.54, 1.807) is 6.07 Å². The van der Waals surface area contributed by atoms with Crippen molar-refractivity contribution < 1.29 is 18.3 Å². The highest BCUT2D eigenvalue weighted by Gasteiger charge is 2.39. The van der Waals surface area contributed by atoms with Gasteiger partial charge in [0.15, 0.2) is 0 Å². The van der Waals surface area contributed by atoms with Crippen molar-refractivity contribution in [1.82, 2.24) is 0 Å². The van der Waals surface area contributed by atoms with Gasteiger partial charge in [-0.2, -0.15) is 13.2 Å². The van der Waals surface area contributed by atoms with Crippen LogP contribution < -0.4 is 0 Å². The molecule has 0 radical (unpaired) electrons. The second-order valence-electron chi connectivity index (χ2n) is 5.81. The molecule has 0 amide bonds. The van der Waals surface area contributed by atoms with Crippen LogP contribution in [0.1, 0.15) is 44.2 Å². The Morgan fingerprint density at radius 1 is 1.21 bits per heavy atom. The summed E-state index contributed by atoms with van der Waals surface area (Å²) in [7, 11) is 0. The highest BCUT2D eigenvalue weighted by Crippen LogP contribution is 2.43. The maximum absolute atomic E-state index is 12.7. The van der Waals surface area contributed by atoms with Gasteiger partial charge in [-0.25, -0.2) is 0 Å². The minimum Gasteiger partial charge on any atom is -0.385 e. The summed E-state index contributed by atoms with van der Waals surface area (Å²) in [5.74, 6) is 0.819. The first-order chi connectivity index (χ1) is 8.72. The van der Waals surface area contributed by atoms with Crippen LogP contribution in [0, 0.1) is 11.8 Å². The van der Waals surface area contributed by atoms with Crippen LogP contribution in [0.2, 0.25) is 0 Å². The topological polar surface area (TPSA) is 20.2 Å². The van der Waals surface area contributed by atoms with Gasteiger partial charge >= 0.3 is 6.18 Å². The van der Waals surface area contributed by atoms with Crippen LogP contribution in [0.15, 0.2) is 24.3 Å². The lowest BCUT2D eigenvalue weighted by Crippen LogP contribution is -2.35. The molecule has 1 nitrogen and oxygen atoms in total. The van der Waals surface area contributed by atoms with Gasteiger partial charge in [0.1, 0.15) is 0 Å².